The third kappa shape index (κ3) is 4.88. The number of rotatable bonds is 5. The molecule has 22 heavy (non-hydrogen) atoms. The zero-order valence-corrected chi connectivity index (χ0v) is 13.3. The topological polar surface area (TPSA) is 55.4 Å². The highest BCUT2D eigenvalue weighted by Gasteiger charge is 2.53. The molecule has 1 aliphatic carbocycles. The Bertz CT molecular complexity index is 399. The van der Waals surface area contributed by atoms with Gasteiger partial charge in [0.15, 0.2) is 0 Å². The highest BCUT2D eigenvalue weighted by atomic mass is 19.4. The Kier molecular flexibility index (Phi) is 6.26. The molecule has 0 unspecified atom stereocenters. The third-order valence-electron chi connectivity index (χ3n) is 4.22. The Hall–Kier alpha value is -1.27. The summed E-state index contributed by atoms with van der Waals surface area (Å²) in [7, 11) is 0. The van der Waals surface area contributed by atoms with Gasteiger partial charge < -0.3 is 10.1 Å². The Labute approximate surface area is 128 Å². The summed E-state index contributed by atoms with van der Waals surface area (Å²) in [5, 5.41) is 2.49. The zero-order valence-electron chi connectivity index (χ0n) is 13.3. The molecular formula is C15H24F3NO3. The maximum absolute atomic E-state index is 12.8. The maximum atomic E-state index is 12.8. The summed E-state index contributed by atoms with van der Waals surface area (Å²) in [6, 6.07) is -0.257. The maximum Gasteiger partial charge on any atom is 0.402 e. The Morgan fingerprint density at radius 2 is 1.68 bits per heavy atom. The van der Waals surface area contributed by atoms with Crippen molar-refractivity contribution in [3.8, 4) is 0 Å². The van der Waals surface area contributed by atoms with Crippen LogP contribution in [0.1, 0.15) is 52.9 Å². The van der Waals surface area contributed by atoms with Crippen LogP contribution in [0.25, 0.3) is 0 Å². The highest BCUT2D eigenvalue weighted by Crippen LogP contribution is 2.38. The van der Waals surface area contributed by atoms with Crippen molar-refractivity contribution < 1.29 is 27.5 Å². The molecule has 0 aliphatic heterocycles. The summed E-state index contributed by atoms with van der Waals surface area (Å²) in [4.78, 5) is 23.2. The van der Waals surface area contributed by atoms with Crippen LogP contribution in [-0.2, 0) is 14.3 Å². The van der Waals surface area contributed by atoms with Gasteiger partial charge in [0.25, 0.3) is 0 Å². The first-order valence-electron chi connectivity index (χ1n) is 7.61. The zero-order chi connectivity index (χ0) is 17.0. The largest absolute Gasteiger partial charge is 0.466 e. The normalized spacial score (nSPS) is 23.0. The van der Waals surface area contributed by atoms with Gasteiger partial charge in [-0.2, -0.15) is 13.2 Å². The Morgan fingerprint density at radius 1 is 1.14 bits per heavy atom. The fourth-order valence-corrected chi connectivity index (χ4v) is 2.46. The van der Waals surface area contributed by atoms with Gasteiger partial charge in [0, 0.05) is 12.5 Å². The first-order chi connectivity index (χ1) is 10.1. The molecule has 1 fully saturated rings. The fourth-order valence-electron chi connectivity index (χ4n) is 2.46. The van der Waals surface area contributed by atoms with Gasteiger partial charge in [-0.3, -0.25) is 9.59 Å². The van der Waals surface area contributed by atoms with E-state index in [1.54, 1.807) is 6.92 Å². The van der Waals surface area contributed by atoms with E-state index in [1.807, 2.05) is 0 Å². The average molecular weight is 323 g/mol. The van der Waals surface area contributed by atoms with E-state index >= 15 is 0 Å². The second kappa shape index (κ2) is 7.33. The highest BCUT2D eigenvalue weighted by molar-refractivity contribution is 5.83. The summed E-state index contributed by atoms with van der Waals surface area (Å²) in [6.07, 6.45) is -1.65. The molecule has 128 valence electrons. The molecule has 0 bridgehead atoms. The van der Waals surface area contributed by atoms with Gasteiger partial charge in [-0.1, -0.05) is 0 Å². The predicted octanol–water partition coefficient (Wildman–Crippen LogP) is 3.20. The number of esters is 1. The van der Waals surface area contributed by atoms with Crippen molar-refractivity contribution in [1.29, 1.82) is 0 Å². The van der Waals surface area contributed by atoms with E-state index in [-0.39, 0.29) is 17.9 Å². The lowest BCUT2D eigenvalue weighted by Crippen LogP contribution is -2.50. The fraction of sp³-hybridized carbons (Fsp3) is 0.867. The molecule has 0 aromatic heterocycles. The quantitative estimate of drug-likeness (QED) is 0.791. The van der Waals surface area contributed by atoms with Gasteiger partial charge in [0.1, 0.15) is 5.41 Å². The SMILES string of the molecule is CCOC(=O)C[C@H]1CC[C@H](NC(=O)C(C)(C)C(F)(F)F)CC1. The second-order valence-corrected chi connectivity index (χ2v) is 6.32. The van der Waals surface area contributed by atoms with Crippen LogP contribution in [0, 0.1) is 11.3 Å². The standard InChI is InChI=1S/C15H24F3NO3/c1-4-22-12(20)9-10-5-7-11(8-6-10)19-13(21)14(2,3)15(16,17)18/h10-11H,4-9H2,1-3H3,(H,19,21)/t10-,11-. The van der Waals surface area contributed by atoms with Gasteiger partial charge in [-0.15, -0.1) is 0 Å². The molecule has 0 atom stereocenters. The number of ether oxygens (including phenoxy) is 1. The van der Waals surface area contributed by atoms with E-state index in [2.05, 4.69) is 5.32 Å². The third-order valence-corrected chi connectivity index (χ3v) is 4.22. The van der Waals surface area contributed by atoms with Crippen LogP contribution in [0.4, 0.5) is 13.2 Å². The monoisotopic (exact) mass is 323 g/mol. The number of amides is 1. The van der Waals surface area contributed by atoms with E-state index in [1.165, 1.54) is 0 Å². The van der Waals surface area contributed by atoms with Crippen LogP contribution < -0.4 is 5.32 Å². The summed E-state index contributed by atoms with van der Waals surface area (Å²) in [5.74, 6) is -1.05. The predicted molar refractivity (Wildman–Crippen MR) is 75.0 cm³/mol. The summed E-state index contributed by atoms with van der Waals surface area (Å²) in [5.41, 5.74) is -2.39. The molecule has 1 saturated carbocycles. The minimum atomic E-state index is -4.57. The Balaban J connectivity index is 2.43. The number of hydrogen-bond acceptors (Lipinski definition) is 3. The molecule has 4 nitrogen and oxygen atoms in total. The number of carbonyl (C=O) groups is 2. The smallest absolute Gasteiger partial charge is 0.402 e. The minimum absolute atomic E-state index is 0.183. The molecular weight excluding hydrogens is 299 g/mol. The summed E-state index contributed by atoms with van der Waals surface area (Å²) < 4.78 is 43.3. The van der Waals surface area contributed by atoms with Crippen molar-refractivity contribution in [3.63, 3.8) is 0 Å². The van der Waals surface area contributed by atoms with Gasteiger partial charge >= 0.3 is 12.1 Å². The van der Waals surface area contributed by atoms with Crippen LogP contribution in [0.3, 0.4) is 0 Å². The number of nitrogens with one attached hydrogen (secondary N) is 1. The van der Waals surface area contributed by atoms with Crippen molar-refractivity contribution in [1.82, 2.24) is 5.32 Å². The lowest BCUT2D eigenvalue weighted by molar-refractivity contribution is -0.211. The first kappa shape index (κ1) is 18.8. The minimum Gasteiger partial charge on any atom is -0.466 e. The van der Waals surface area contributed by atoms with Crippen molar-refractivity contribution in [2.45, 2.75) is 65.1 Å². The lowest BCUT2D eigenvalue weighted by Gasteiger charge is -2.32. The van der Waals surface area contributed by atoms with Gasteiger partial charge in [0.05, 0.1) is 6.61 Å². The van der Waals surface area contributed by atoms with Crippen LogP contribution in [0.2, 0.25) is 0 Å². The van der Waals surface area contributed by atoms with E-state index in [9.17, 15) is 22.8 Å². The van der Waals surface area contributed by atoms with Crippen LogP contribution in [0.5, 0.6) is 0 Å². The molecule has 0 saturated heterocycles. The molecule has 1 aliphatic rings. The molecule has 7 heteroatoms. The lowest BCUT2D eigenvalue weighted by atomic mass is 9.83. The Morgan fingerprint density at radius 3 is 2.14 bits per heavy atom. The summed E-state index contributed by atoms with van der Waals surface area (Å²) in [6.45, 7) is 3.85. The number of hydrogen-bond donors (Lipinski definition) is 1. The van der Waals surface area contributed by atoms with Gasteiger partial charge in [-0.25, -0.2) is 0 Å². The van der Waals surface area contributed by atoms with E-state index in [0.717, 1.165) is 13.8 Å². The van der Waals surface area contributed by atoms with Crippen LogP contribution >= 0.6 is 0 Å². The van der Waals surface area contributed by atoms with Crippen molar-refractivity contribution >= 4 is 11.9 Å². The molecule has 0 radical (unpaired) electrons. The molecule has 1 rings (SSSR count). The number of alkyl halides is 3. The average Bonchev–Trinajstić information content (AvgIpc) is 2.39. The van der Waals surface area contributed by atoms with Gasteiger partial charge in [-0.05, 0) is 52.4 Å². The first-order valence-corrected chi connectivity index (χ1v) is 7.61. The van der Waals surface area contributed by atoms with E-state index in [0.29, 0.717) is 38.7 Å². The second-order valence-electron chi connectivity index (χ2n) is 6.32. The number of carbonyl (C=O) groups excluding carboxylic acids is 2. The molecule has 1 amide bonds. The van der Waals surface area contributed by atoms with E-state index < -0.39 is 17.5 Å². The molecule has 0 heterocycles. The van der Waals surface area contributed by atoms with Crippen LogP contribution in [0.15, 0.2) is 0 Å². The summed E-state index contributed by atoms with van der Waals surface area (Å²) >= 11 is 0. The van der Waals surface area contributed by atoms with Crippen molar-refractivity contribution in [3.05, 3.63) is 0 Å². The molecule has 0 aromatic carbocycles. The molecule has 0 aromatic rings. The van der Waals surface area contributed by atoms with Gasteiger partial charge in [0.2, 0.25) is 5.91 Å². The molecule has 0 spiro atoms. The molecule has 1 N–H and O–H groups in total. The van der Waals surface area contributed by atoms with Crippen molar-refractivity contribution in [2.24, 2.45) is 11.3 Å². The number of halogens is 3. The van der Waals surface area contributed by atoms with Crippen molar-refractivity contribution in [2.75, 3.05) is 6.61 Å². The van der Waals surface area contributed by atoms with Crippen LogP contribution in [-0.4, -0.2) is 30.7 Å². The van der Waals surface area contributed by atoms with E-state index in [4.69, 9.17) is 4.74 Å².